The van der Waals surface area contributed by atoms with Crippen LogP contribution in [0.3, 0.4) is 0 Å². The number of aromatic nitrogens is 3. The van der Waals surface area contributed by atoms with Crippen LogP contribution in [0.1, 0.15) is 30.3 Å². The minimum absolute atomic E-state index is 0.735. The van der Waals surface area contributed by atoms with Crippen LogP contribution in [0.4, 0.5) is 0 Å². The van der Waals surface area contributed by atoms with E-state index in [0.29, 0.717) is 0 Å². The van der Waals surface area contributed by atoms with E-state index in [-0.39, 0.29) is 0 Å². The zero-order valence-electron chi connectivity index (χ0n) is 15.3. The number of rotatable bonds is 8. The smallest absolute Gasteiger partial charge is 0.212 e. The van der Waals surface area contributed by atoms with Gasteiger partial charge in [-0.25, -0.2) is 0 Å². The van der Waals surface area contributed by atoms with E-state index in [9.17, 15) is 0 Å². The van der Waals surface area contributed by atoms with E-state index >= 15 is 0 Å². The Morgan fingerprint density at radius 2 is 1.93 bits per heavy atom. The van der Waals surface area contributed by atoms with Crippen LogP contribution in [0, 0.1) is 0 Å². The Bertz CT molecular complexity index is 909. The number of benzene rings is 2. The van der Waals surface area contributed by atoms with Crippen LogP contribution in [0.25, 0.3) is 0 Å². The number of hydrogen-bond acceptors (Lipinski definition) is 5. The Labute approximate surface area is 168 Å². The highest BCUT2D eigenvalue weighted by molar-refractivity contribution is 7.98. The molecule has 3 rings (SSSR count). The molecule has 0 fully saturated rings. The van der Waals surface area contributed by atoms with Crippen LogP contribution in [0.5, 0.6) is 5.75 Å². The van der Waals surface area contributed by atoms with Gasteiger partial charge in [0, 0.05) is 22.8 Å². The molecule has 2 aromatic carbocycles. The van der Waals surface area contributed by atoms with Crippen molar-refractivity contribution in [2.45, 2.75) is 30.7 Å². The third-order valence-electron chi connectivity index (χ3n) is 3.88. The summed E-state index contributed by atoms with van der Waals surface area (Å²) in [4.78, 5) is 0. The molecule has 1 aromatic heterocycles. The summed E-state index contributed by atoms with van der Waals surface area (Å²) >= 11 is 7.55. The van der Waals surface area contributed by atoms with Crippen molar-refractivity contribution in [1.82, 2.24) is 14.9 Å². The average molecular weight is 401 g/mol. The van der Waals surface area contributed by atoms with Gasteiger partial charge in [-0.15, -0.1) is 10.2 Å². The lowest BCUT2D eigenvalue weighted by atomic mass is 10.2. The Balaban J connectivity index is 1.82. The lowest BCUT2D eigenvalue weighted by Crippen LogP contribution is -2.01. The van der Waals surface area contributed by atoms with Gasteiger partial charge < -0.3 is 4.74 Å². The normalized spacial score (nSPS) is 11.2. The summed E-state index contributed by atoms with van der Waals surface area (Å²) in [5.41, 5.74) is 2.08. The summed E-state index contributed by atoms with van der Waals surface area (Å²) in [6.07, 6.45) is 3.58. The van der Waals surface area contributed by atoms with Gasteiger partial charge in [0.15, 0.2) is 5.82 Å². The summed E-state index contributed by atoms with van der Waals surface area (Å²) in [5, 5.41) is 14.8. The molecule has 0 spiro atoms. The lowest BCUT2D eigenvalue weighted by molar-refractivity contribution is 0.414. The molecule has 0 saturated heterocycles. The quantitative estimate of drug-likeness (QED) is 0.391. The number of aryl methyl sites for hydroxylation is 1. The maximum atomic E-state index is 5.95. The van der Waals surface area contributed by atoms with Gasteiger partial charge in [-0.3, -0.25) is 0 Å². The van der Waals surface area contributed by atoms with Gasteiger partial charge in [-0.2, -0.15) is 9.78 Å². The molecule has 0 aliphatic carbocycles. The molecule has 0 N–H and O–H groups in total. The molecule has 140 valence electrons. The predicted octanol–water partition coefficient (Wildman–Crippen LogP) is 5.07. The van der Waals surface area contributed by atoms with Gasteiger partial charge >= 0.3 is 0 Å². The number of hydrogen-bond donors (Lipinski definition) is 0. The van der Waals surface area contributed by atoms with E-state index < -0.39 is 0 Å². The van der Waals surface area contributed by atoms with Gasteiger partial charge in [0.25, 0.3) is 0 Å². The zero-order valence-corrected chi connectivity index (χ0v) is 16.9. The molecule has 0 aliphatic heterocycles. The van der Waals surface area contributed by atoms with E-state index in [0.717, 1.165) is 45.9 Å². The summed E-state index contributed by atoms with van der Waals surface area (Å²) in [6.45, 7) is 2.11. The van der Waals surface area contributed by atoms with Gasteiger partial charge in [-0.1, -0.05) is 54.6 Å². The molecule has 27 heavy (non-hydrogen) atoms. The van der Waals surface area contributed by atoms with Crippen LogP contribution in [0.15, 0.2) is 58.8 Å². The first-order valence-electron chi connectivity index (χ1n) is 8.70. The molecule has 0 aliphatic rings. The van der Waals surface area contributed by atoms with E-state index in [1.54, 1.807) is 25.1 Å². The molecular weight excluding hydrogens is 380 g/mol. The van der Waals surface area contributed by atoms with E-state index in [1.165, 1.54) is 5.56 Å². The molecule has 3 aromatic rings. The van der Waals surface area contributed by atoms with Gasteiger partial charge in [0.2, 0.25) is 5.16 Å². The number of methoxy groups -OCH3 is 1. The third-order valence-corrected chi connectivity index (χ3v) is 5.13. The van der Waals surface area contributed by atoms with Crippen molar-refractivity contribution in [3.05, 3.63) is 70.5 Å². The van der Waals surface area contributed by atoms with Crippen molar-refractivity contribution in [3.8, 4) is 5.75 Å². The first-order chi connectivity index (χ1) is 13.2. The Morgan fingerprint density at radius 1 is 1.15 bits per heavy atom. The number of nitrogens with zero attached hydrogens (tertiary/aromatic N) is 4. The molecule has 0 atom stereocenters. The second-order valence-electron chi connectivity index (χ2n) is 5.86. The maximum Gasteiger partial charge on any atom is 0.212 e. The molecule has 7 heteroatoms. The summed E-state index contributed by atoms with van der Waals surface area (Å²) in [7, 11) is 1.65. The summed E-state index contributed by atoms with van der Waals surface area (Å²) < 4.78 is 7.21. The van der Waals surface area contributed by atoms with Gasteiger partial charge in [0.1, 0.15) is 5.75 Å². The molecule has 0 saturated carbocycles. The molecule has 0 bridgehead atoms. The van der Waals surface area contributed by atoms with E-state index in [4.69, 9.17) is 16.3 Å². The number of thioether (sulfide) groups is 1. The van der Waals surface area contributed by atoms with E-state index in [1.807, 2.05) is 53.2 Å². The third kappa shape index (κ3) is 5.11. The lowest BCUT2D eigenvalue weighted by Gasteiger charge is -2.06. The highest BCUT2D eigenvalue weighted by Gasteiger charge is 2.12. The minimum atomic E-state index is 0.735. The molecule has 0 unspecified atom stereocenters. The first kappa shape index (κ1) is 19.5. The molecule has 5 nitrogen and oxygen atoms in total. The first-order valence-corrected chi connectivity index (χ1v) is 10.1. The summed E-state index contributed by atoms with van der Waals surface area (Å²) in [5.74, 6) is 2.40. The number of halogens is 1. The van der Waals surface area contributed by atoms with Crippen LogP contribution in [-0.2, 0) is 12.2 Å². The fourth-order valence-electron chi connectivity index (χ4n) is 2.50. The topological polar surface area (TPSA) is 52.3 Å². The molecule has 0 amide bonds. The Kier molecular flexibility index (Phi) is 6.90. The van der Waals surface area contributed by atoms with Crippen molar-refractivity contribution in [2.24, 2.45) is 5.10 Å². The fraction of sp³-hybridized carbons (Fsp3) is 0.250. The standard InChI is InChI=1S/C20H21ClN4OS/c1-3-6-19-23-24-20(27-14-15-9-11-17(21)12-10-15)25(19)22-13-16-7-4-5-8-18(16)26-2/h4-5,7-13H,3,6,14H2,1-2H3/b22-13+. The average Bonchev–Trinajstić information content (AvgIpc) is 3.08. The molecular formula is C20H21ClN4OS. The highest BCUT2D eigenvalue weighted by Crippen LogP contribution is 2.24. The second kappa shape index (κ2) is 9.58. The summed E-state index contributed by atoms with van der Waals surface area (Å²) in [6, 6.07) is 15.6. The van der Waals surface area contributed by atoms with Crippen molar-refractivity contribution in [1.29, 1.82) is 0 Å². The van der Waals surface area contributed by atoms with Crippen LogP contribution >= 0.6 is 23.4 Å². The second-order valence-corrected chi connectivity index (χ2v) is 7.24. The molecule has 1 heterocycles. The van der Waals surface area contributed by atoms with Crippen LogP contribution in [-0.4, -0.2) is 28.2 Å². The zero-order chi connectivity index (χ0) is 19.1. The predicted molar refractivity (Wildman–Crippen MR) is 111 cm³/mol. The largest absolute Gasteiger partial charge is 0.496 e. The van der Waals surface area contributed by atoms with Crippen LogP contribution in [0.2, 0.25) is 5.02 Å². The SMILES string of the molecule is CCCc1nnc(SCc2ccc(Cl)cc2)n1/N=C/c1ccccc1OC. The van der Waals surface area contributed by atoms with Gasteiger partial charge in [0.05, 0.1) is 13.3 Å². The number of ether oxygens (including phenoxy) is 1. The van der Waals surface area contributed by atoms with Crippen molar-refractivity contribution in [2.75, 3.05) is 7.11 Å². The molecule has 0 radical (unpaired) electrons. The highest BCUT2D eigenvalue weighted by atomic mass is 35.5. The van der Waals surface area contributed by atoms with Crippen LogP contribution < -0.4 is 4.74 Å². The number of para-hydroxylation sites is 1. The maximum absolute atomic E-state index is 5.95. The van der Waals surface area contributed by atoms with E-state index in [2.05, 4.69) is 22.2 Å². The minimum Gasteiger partial charge on any atom is -0.496 e. The Morgan fingerprint density at radius 3 is 2.67 bits per heavy atom. The van der Waals surface area contributed by atoms with Crippen molar-refractivity contribution >= 4 is 29.6 Å². The van der Waals surface area contributed by atoms with Gasteiger partial charge in [-0.05, 0) is 36.2 Å². The Hall–Kier alpha value is -2.31. The van der Waals surface area contributed by atoms with Crippen molar-refractivity contribution in [3.63, 3.8) is 0 Å². The van der Waals surface area contributed by atoms with Crippen molar-refractivity contribution < 1.29 is 4.74 Å². The monoisotopic (exact) mass is 400 g/mol. The fourth-order valence-corrected chi connectivity index (χ4v) is 3.49.